The molecule has 1 aliphatic heterocycles. The summed E-state index contributed by atoms with van der Waals surface area (Å²) in [5.74, 6) is -1.97. The third-order valence-corrected chi connectivity index (χ3v) is 11.0. The number of hydrogen-bond acceptors (Lipinski definition) is 14. The zero-order chi connectivity index (χ0) is 48.2. The highest BCUT2D eigenvalue weighted by molar-refractivity contribution is 5.94. The van der Waals surface area contributed by atoms with Crippen LogP contribution in [0, 0.1) is 11.8 Å². The van der Waals surface area contributed by atoms with E-state index in [1.54, 1.807) is 34.6 Å². The van der Waals surface area contributed by atoms with Crippen molar-refractivity contribution in [3.8, 4) is 0 Å². The second kappa shape index (κ2) is 32.1. The van der Waals surface area contributed by atoms with Gasteiger partial charge in [0.2, 0.25) is 23.6 Å². The Morgan fingerprint density at radius 3 is 2.02 bits per heavy atom. The molecule has 1 heterocycles. The fourth-order valence-corrected chi connectivity index (χ4v) is 7.33. The summed E-state index contributed by atoms with van der Waals surface area (Å²) in [4.78, 5) is 75.4. The number of hydrogen-bond donors (Lipinski definition) is 6. The molecule has 0 saturated heterocycles. The lowest BCUT2D eigenvalue weighted by molar-refractivity contribution is -0.870. The van der Waals surface area contributed by atoms with Crippen LogP contribution in [0.3, 0.4) is 0 Å². The molecule has 2 aliphatic rings. The lowest BCUT2D eigenvalue weighted by Crippen LogP contribution is -2.57. The third-order valence-electron chi connectivity index (χ3n) is 11.0. The molecule has 0 aromatic carbocycles. The predicted molar refractivity (Wildman–Crippen MR) is 247 cm³/mol. The molecule has 19 heteroatoms. The monoisotopic (exact) mass is 926 g/mol. The summed E-state index contributed by atoms with van der Waals surface area (Å²) in [5, 5.41) is 13.1. The van der Waals surface area contributed by atoms with E-state index < -0.39 is 29.9 Å². The van der Waals surface area contributed by atoms with Gasteiger partial charge < -0.3 is 54.9 Å². The van der Waals surface area contributed by atoms with Crippen LogP contribution in [0.15, 0.2) is 11.4 Å². The number of rotatable bonds is 35. The number of nitrogens with one attached hydrogen (secondary N) is 6. The molecular weight excluding hydrogens is 841 g/mol. The maximum Gasteiger partial charge on any atom is 0.246 e. The minimum atomic E-state index is -0.895. The second-order valence-electron chi connectivity index (χ2n) is 18.6. The molecule has 4 amide bonds. The molecule has 0 fully saturated rings. The zero-order valence-electron chi connectivity index (χ0n) is 41.1. The Morgan fingerprint density at radius 2 is 1.40 bits per heavy atom. The highest BCUT2D eigenvalue weighted by Gasteiger charge is 2.31. The highest BCUT2D eigenvalue weighted by Crippen LogP contribution is 2.28. The quantitative estimate of drug-likeness (QED) is 0.0396. The molecule has 0 saturated carbocycles. The standard InChI is InChI=1S/C46H84N8O11/c1-33(2)42(46(60)48-35(5)44(58)34(3)4)50-45(59)38(49-36(6)55)17-13-14-21-47-41(57)32-65-40-19-12-10-11-18-39-43(40)51-52-53(39)22-25-62-27-29-64-31-30-63-28-26-61-24-20-37(56)16-15-23-54(7,8)9/h33-35,38,40,42,51-52H,10-32H2,1-9H3,(H3-,47,48,49,50,55,57,59,60)/p+1/t35-,38+,40?,42-/m0/s1. The first-order valence-electron chi connectivity index (χ1n) is 23.8. The fourth-order valence-electron chi connectivity index (χ4n) is 7.33. The lowest BCUT2D eigenvalue weighted by atomic mass is 9.99. The van der Waals surface area contributed by atoms with Gasteiger partial charge in [0.25, 0.3) is 0 Å². The van der Waals surface area contributed by atoms with Gasteiger partial charge in [-0.25, -0.2) is 0 Å². The molecule has 0 spiro atoms. The summed E-state index contributed by atoms with van der Waals surface area (Å²) in [6.07, 6.45) is 7.77. The third kappa shape index (κ3) is 25.1. The molecule has 0 aromatic rings. The van der Waals surface area contributed by atoms with Gasteiger partial charge in [0.15, 0.2) is 5.78 Å². The van der Waals surface area contributed by atoms with E-state index in [0.29, 0.717) is 98.0 Å². The molecule has 6 N–H and O–H groups in total. The van der Waals surface area contributed by atoms with Crippen molar-refractivity contribution in [3.63, 3.8) is 0 Å². The van der Waals surface area contributed by atoms with E-state index in [9.17, 15) is 28.8 Å². The molecule has 4 atom stereocenters. The van der Waals surface area contributed by atoms with Crippen molar-refractivity contribution in [2.45, 2.75) is 136 Å². The molecule has 2 rings (SSSR count). The largest absolute Gasteiger partial charge is 0.379 e. The molecule has 19 nitrogen and oxygen atoms in total. The van der Waals surface area contributed by atoms with E-state index in [1.165, 1.54) is 6.92 Å². The van der Waals surface area contributed by atoms with Gasteiger partial charge in [-0.15, -0.1) is 5.53 Å². The van der Waals surface area contributed by atoms with Crippen molar-refractivity contribution >= 4 is 35.2 Å². The van der Waals surface area contributed by atoms with Crippen molar-refractivity contribution in [1.82, 2.24) is 37.2 Å². The molecule has 1 unspecified atom stereocenters. The van der Waals surface area contributed by atoms with E-state index in [2.05, 4.69) is 53.4 Å². The molecule has 0 bridgehead atoms. The molecule has 0 aromatic heterocycles. The van der Waals surface area contributed by atoms with Crippen molar-refractivity contribution in [2.24, 2.45) is 11.8 Å². The van der Waals surface area contributed by atoms with Gasteiger partial charge in [-0.2, -0.15) is 0 Å². The second-order valence-corrected chi connectivity index (χ2v) is 18.6. The van der Waals surface area contributed by atoms with E-state index in [-0.39, 0.29) is 47.9 Å². The first-order chi connectivity index (χ1) is 30.9. The van der Waals surface area contributed by atoms with Crippen molar-refractivity contribution < 1.29 is 56.9 Å². The maximum atomic E-state index is 13.3. The fraction of sp³-hybridized carbons (Fsp3) is 0.826. The van der Waals surface area contributed by atoms with Crippen molar-refractivity contribution in [1.29, 1.82) is 0 Å². The predicted octanol–water partition coefficient (Wildman–Crippen LogP) is 2.05. The topological polar surface area (TPSA) is 224 Å². The number of nitrogens with zero attached hydrogens (tertiary/aromatic N) is 2. The van der Waals surface area contributed by atoms with Crippen LogP contribution in [0.4, 0.5) is 0 Å². The van der Waals surface area contributed by atoms with Gasteiger partial charge in [0.1, 0.15) is 30.6 Å². The van der Waals surface area contributed by atoms with Gasteiger partial charge >= 0.3 is 0 Å². The Hall–Kier alpha value is -3.72. The smallest absolute Gasteiger partial charge is 0.246 e. The van der Waals surface area contributed by atoms with Gasteiger partial charge in [-0.1, -0.05) is 40.5 Å². The number of Topliss-reactive ketones (excluding diaryl/α,β-unsaturated/α-hetero) is 2. The Balaban J connectivity index is 1.65. The van der Waals surface area contributed by atoms with Crippen LogP contribution in [0.1, 0.15) is 112 Å². The van der Waals surface area contributed by atoms with Gasteiger partial charge in [0, 0.05) is 38.6 Å². The van der Waals surface area contributed by atoms with Crippen molar-refractivity contribution in [3.05, 3.63) is 11.4 Å². The molecule has 0 radical (unpaired) electrons. The minimum Gasteiger partial charge on any atom is -0.379 e. The number of hydrazine groups is 2. The lowest BCUT2D eigenvalue weighted by Gasteiger charge is -2.26. The number of ether oxygens (including phenoxy) is 5. The van der Waals surface area contributed by atoms with Crippen LogP contribution in [-0.4, -0.2) is 169 Å². The minimum absolute atomic E-state index is 0.109. The maximum absolute atomic E-state index is 13.3. The van der Waals surface area contributed by atoms with Crippen molar-refractivity contribution in [2.75, 3.05) is 100 Å². The summed E-state index contributed by atoms with van der Waals surface area (Å²) >= 11 is 0. The first kappa shape index (κ1) is 57.4. The molecule has 65 heavy (non-hydrogen) atoms. The van der Waals surface area contributed by atoms with Gasteiger partial charge in [0.05, 0.1) is 105 Å². The van der Waals surface area contributed by atoms with Crippen LogP contribution in [-0.2, 0) is 52.5 Å². The van der Waals surface area contributed by atoms with Crippen LogP contribution < -0.4 is 32.2 Å². The van der Waals surface area contributed by atoms with E-state index in [4.69, 9.17) is 23.7 Å². The summed E-state index contributed by atoms with van der Waals surface area (Å²) < 4.78 is 29.6. The Labute approximate surface area is 388 Å². The van der Waals surface area contributed by atoms with E-state index >= 15 is 0 Å². The summed E-state index contributed by atoms with van der Waals surface area (Å²) in [6.45, 7) is 15.5. The van der Waals surface area contributed by atoms with Gasteiger partial charge in [-0.3, -0.25) is 33.8 Å². The van der Waals surface area contributed by atoms with Crippen LogP contribution in [0.2, 0.25) is 0 Å². The normalized spacial score (nSPS) is 16.8. The molecule has 1 aliphatic carbocycles. The van der Waals surface area contributed by atoms with Gasteiger partial charge in [-0.05, 0) is 51.4 Å². The zero-order valence-corrected chi connectivity index (χ0v) is 41.1. The highest BCUT2D eigenvalue weighted by atomic mass is 16.6. The average molecular weight is 926 g/mol. The number of allylic oxidation sites excluding steroid dienone is 1. The summed E-state index contributed by atoms with van der Waals surface area (Å²) in [7, 11) is 6.37. The number of amides is 4. The molecular formula is C46H85N8O11+. The SMILES string of the molecule is CC(=O)N[C@H](CCCCNC(=O)COC1CCCCCC2=C1NNN2CCOCCOCCOCCOCCC(=O)CCC[N+](C)(C)C)C(=O)N[C@H](C(=O)N[C@@H](C)C(=O)C(C)C)C(C)C. The average Bonchev–Trinajstić information content (AvgIpc) is 3.61. The molecule has 374 valence electrons. The van der Waals surface area contributed by atoms with E-state index in [1.807, 2.05) is 5.01 Å². The Bertz CT molecular complexity index is 1490. The number of unbranched alkanes of at least 4 members (excludes halogenated alkanes) is 1. The first-order valence-corrected chi connectivity index (χ1v) is 23.8. The van der Waals surface area contributed by atoms with Crippen LogP contribution in [0.25, 0.3) is 0 Å². The number of quaternary nitrogens is 1. The number of ketones is 2. The van der Waals surface area contributed by atoms with Crippen LogP contribution in [0.5, 0.6) is 0 Å². The number of carbonyl (C=O) groups excluding carboxylic acids is 6. The van der Waals surface area contributed by atoms with E-state index in [0.717, 1.165) is 60.9 Å². The Kier molecular flexibility index (Phi) is 28.3. The Morgan fingerprint density at radius 1 is 0.754 bits per heavy atom. The summed E-state index contributed by atoms with van der Waals surface area (Å²) in [5.41, 5.74) is 8.55. The number of carbonyl (C=O) groups is 6. The summed E-state index contributed by atoms with van der Waals surface area (Å²) in [6, 6.07) is -2.47. The van der Waals surface area contributed by atoms with Crippen LogP contribution >= 0.6 is 0 Å².